The van der Waals surface area contributed by atoms with Gasteiger partial charge in [0.1, 0.15) is 0 Å². The van der Waals surface area contributed by atoms with E-state index in [1.807, 2.05) is 13.8 Å². The van der Waals surface area contributed by atoms with Gasteiger partial charge < -0.3 is 4.90 Å². The first-order valence-corrected chi connectivity index (χ1v) is 4.43. The van der Waals surface area contributed by atoms with Crippen molar-refractivity contribution in [1.29, 1.82) is 5.26 Å². The fourth-order valence-electron chi connectivity index (χ4n) is 1.77. The van der Waals surface area contributed by atoms with Crippen molar-refractivity contribution in [3.63, 3.8) is 0 Å². The second-order valence-corrected chi connectivity index (χ2v) is 4.56. The lowest BCUT2D eigenvalue weighted by atomic mass is 9.84. The normalized spacial score (nSPS) is 23.7. The van der Waals surface area contributed by atoms with Gasteiger partial charge in [-0.3, -0.25) is 0 Å². The summed E-state index contributed by atoms with van der Waals surface area (Å²) >= 11 is 0. The van der Waals surface area contributed by atoms with E-state index in [9.17, 15) is 13.2 Å². The molecule has 0 aromatic rings. The van der Waals surface area contributed by atoms with Crippen LogP contribution in [0.25, 0.3) is 0 Å². The van der Waals surface area contributed by atoms with Crippen LogP contribution in [-0.4, -0.2) is 30.7 Å². The number of halogens is 3. The molecule has 1 heterocycles. The summed E-state index contributed by atoms with van der Waals surface area (Å²) in [6.07, 6.45) is -4.39. The highest BCUT2D eigenvalue weighted by Crippen LogP contribution is 2.33. The van der Waals surface area contributed by atoms with Crippen LogP contribution < -0.4 is 0 Å². The Balaban J connectivity index is 2.42. The van der Waals surface area contributed by atoms with Gasteiger partial charge in [0.25, 0.3) is 0 Å². The van der Waals surface area contributed by atoms with Crippen LogP contribution in [0.5, 0.6) is 0 Å². The maximum absolute atomic E-state index is 12.2. The highest BCUT2D eigenvalue weighted by molar-refractivity contribution is 4.95. The molecule has 1 aliphatic rings. The molecule has 0 radical (unpaired) electrons. The van der Waals surface area contributed by atoms with Crippen molar-refractivity contribution in [1.82, 2.24) is 4.90 Å². The van der Waals surface area contributed by atoms with Crippen LogP contribution in [0.2, 0.25) is 0 Å². The van der Waals surface area contributed by atoms with E-state index < -0.39 is 12.1 Å². The van der Waals surface area contributed by atoms with Crippen molar-refractivity contribution in [3.8, 4) is 6.07 Å². The molecule has 0 saturated carbocycles. The van der Waals surface area contributed by atoms with E-state index in [1.165, 1.54) is 6.07 Å². The Hall–Kier alpha value is -0.760. The van der Waals surface area contributed by atoms with E-state index in [4.69, 9.17) is 5.26 Å². The van der Waals surface area contributed by atoms with Gasteiger partial charge in [-0.05, 0) is 5.41 Å². The minimum absolute atomic E-state index is 0.103. The maximum Gasteiger partial charge on any atom is 0.405 e. The summed E-state index contributed by atoms with van der Waals surface area (Å²) in [4.78, 5) is 1.67. The molecular weight excluding hydrogens is 193 g/mol. The van der Waals surface area contributed by atoms with Gasteiger partial charge in [-0.2, -0.15) is 18.4 Å². The first-order valence-electron chi connectivity index (χ1n) is 4.43. The summed E-state index contributed by atoms with van der Waals surface area (Å²) in [5, 5.41) is 8.36. The minimum Gasteiger partial charge on any atom is -0.301 e. The number of nitriles is 1. The lowest BCUT2D eigenvalue weighted by molar-refractivity contribution is -0.169. The monoisotopic (exact) mass is 206 g/mol. The van der Waals surface area contributed by atoms with Gasteiger partial charge in [0, 0.05) is 19.6 Å². The van der Waals surface area contributed by atoms with Gasteiger partial charge >= 0.3 is 6.18 Å². The Morgan fingerprint density at radius 1 is 1.43 bits per heavy atom. The van der Waals surface area contributed by atoms with E-state index in [1.54, 1.807) is 4.90 Å². The molecule has 0 bridgehead atoms. The van der Waals surface area contributed by atoms with Crippen molar-refractivity contribution in [2.24, 2.45) is 11.3 Å². The third-order valence-electron chi connectivity index (χ3n) is 2.30. The predicted octanol–water partition coefficient (Wildman–Crippen LogP) is 2.03. The molecule has 1 atom stereocenters. The molecule has 5 heteroatoms. The molecule has 80 valence electrons. The van der Waals surface area contributed by atoms with Crippen LogP contribution in [0, 0.1) is 22.7 Å². The highest BCUT2D eigenvalue weighted by Gasteiger charge is 2.44. The van der Waals surface area contributed by atoms with Crippen molar-refractivity contribution in [3.05, 3.63) is 0 Å². The molecule has 0 aromatic carbocycles. The first-order chi connectivity index (χ1) is 6.24. The number of nitrogens with zero attached hydrogens (tertiary/aromatic N) is 2. The summed E-state index contributed by atoms with van der Waals surface area (Å²) in [5.41, 5.74) is 0.103. The highest BCUT2D eigenvalue weighted by atomic mass is 19.4. The van der Waals surface area contributed by atoms with Crippen molar-refractivity contribution in [2.75, 3.05) is 19.6 Å². The van der Waals surface area contributed by atoms with Gasteiger partial charge in [0.15, 0.2) is 5.92 Å². The third kappa shape index (κ3) is 2.61. The maximum atomic E-state index is 12.2. The smallest absolute Gasteiger partial charge is 0.301 e. The number of likely N-dealkylation sites (tertiary alicyclic amines) is 1. The SMILES string of the molecule is CC1(C)CN(CC(C#N)C(F)(F)F)C1. The van der Waals surface area contributed by atoms with Crippen molar-refractivity contribution in [2.45, 2.75) is 20.0 Å². The first kappa shape index (κ1) is 11.3. The Labute approximate surface area is 81.3 Å². The molecule has 0 aromatic heterocycles. The van der Waals surface area contributed by atoms with Gasteiger partial charge in [0.2, 0.25) is 0 Å². The molecule has 1 unspecified atom stereocenters. The fraction of sp³-hybridized carbons (Fsp3) is 0.889. The molecule has 0 spiro atoms. The van der Waals surface area contributed by atoms with E-state index in [-0.39, 0.29) is 12.0 Å². The molecule has 14 heavy (non-hydrogen) atoms. The molecule has 1 aliphatic heterocycles. The average Bonchev–Trinajstić information content (AvgIpc) is 1.93. The number of hydrogen-bond acceptors (Lipinski definition) is 2. The van der Waals surface area contributed by atoms with Crippen LogP contribution in [0.3, 0.4) is 0 Å². The zero-order valence-corrected chi connectivity index (χ0v) is 8.23. The Bertz CT molecular complexity index is 244. The van der Waals surface area contributed by atoms with Crippen LogP contribution >= 0.6 is 0 Å². The standard InChI is InChI=1S/C9H13F3N2/c1-8(2)5-14(6-8)4-7(3-13)9(10,11)12/h7H,4-6H2,1-2H3. The molecule has 1 fully saturated rings. The molecule has 1 saturated heterocycles. The largest absolute Gasteiger partial charge is 0.405 e. The predicted molar refractivity (Wildman–Crippen MR) is 45.4 cm³/mol. The van der Waals surface area contributed by atoms with E-state index in [0.717, 1.165) is 0 Å². The summed E-state index contributed by atoms with van der Waals surface area (Å²) in [6, 6.07) is 1.30. The minimum atomic E-state index is -4.39. The second-order valence-electron chi connectivity index (χ2n) is 4.56. The summed E-state index contributed by atoms with van der Waals surface area (Å²) in [5.74, 6) is -1.85. The molecule has 0 N–H and O–H groups in total. The van der Waals surface area contributed by atoms with Crippen LogP contribution in [0.4, 0.5) is 13.2 Å². The summed E-state index contributed by atoms with van der Waals surface area (Å²) in [6.45, 7) is 5.09. The summed E-state index contributed by atoms with van der Waals surface area (Å²) in [7, 11) is 0. The van der Waals surface area contributed by atoms with Crippen molar-refractivity contribution >= 4 is 0 Å². The van der Waals surface area contributed by atoms with E-state index in [0.29, 0.717) is 13.1 Å². The molecule has 0 aliphatic carbocycles. The Morgan fingerprint density at radius 3 is 2.21 bits per heavy atom. The van der Waals surface area contributed by atoms with E-state index >= 15 is 0 Å². The Kier molecular flexibility index (Phi) is 2.77. The fourth-order valence-corrected chi connectivity index (χ4v) is 1.77. The van der Waals surface area contributed by atoms with Gasteiger partial charge in [0.05, 0.1) is 6.07 Å². The zero-order valence-electron chi connectivity index (χ0n) is 8.23. The second kappa shape index (κ2) is 3.43. The number of hydrogen-bond donors (Lipinski definition) is 0. The molecule has 1 rings (SSSR count). The topological polar surface area (TPSA) is 27.0 Å². The van der Waals surface area contributed by atoms with Gasteiger partial charge in [-0.25, -0.2) is 0 Å². The van der Waals surface area contributed by atoms with Gasteiger partial charge in [-0.1, -0.05) is 13.8 Å². The van der Waals surface area contributed by atoms with Crippen molar-refractivity contribution < 1.29 is 13.2 Å². The average molecular weight is 206 g/mol. The zero-order chi connectivity index (χ0) is 11.0. The summed E-state index contributed by atoms with van der Waals surface area (Å²) < 4.78 is 36.6. The quantitative estimate of drug-likeness (QED) is 0.691. The van der Waals surface area contributed by atoms with Crippen LogP contribution in [-0.2, 0) is 0 Å². The van der Waals surface area contributed by atoms with Crippen LogP contribution in [0.1, 0.15) is 13.8 Å². The third-order valence-corrected chi connectivity index (χ3v) is 2.30. The number of rotatable bonds is 2. The molecular formula is C9H13F3N2. The molecule has 2 nitrogen and oxygen atoms in total. The lowest BCUT2D eigenvalue weighted by Gasteiger charge is -2.46. The van der Waals surface area contributed by atoms with Gasteiger partial charge in [-0.15, -0.1) is 0 Å². The van der Waals surface area contributed by atoms with E-state index in [2.05, 4.69) is 0 Å². The molecule has 0 amide bonds. The van der Waals surface area contributed by atoms with Crippen LogP contribution in [0.15, 0.2) is 0 Å². The Morgan fingerprint density at radius 2 is 1.93 bits per heavy atom. The lowest BCUT2D eigenvalue weighted by Crippen LogP contribution is -2.55. The number of alkyl halides is 3.